The third-order valence-corrected chi connectivity index (χ3v) is 2.78. The highest BCUT2D eigenvalue weighted by Crippen LogP contribution is 2.35. The number of carbonyl (C=O) groups is 1. The maximum atomic E-state index is 11.1. The predicted molar refractivity (Wildman–Crippen MR) is 56.6 cm³/mol. The van der Waals surface area contributed by atoms with Gasteiger partial charge in [-0.2, -0.15) is 0 Å². The average molecular weight is 227 g/mol. The lowest BCUT2D eigenvalue weighted by Crippen LogP contribution is -2.10. The molecule has 3 nitrogen and oxygen atoms in total. The zero-order chi connectivity index (χ0) is 10.8. The second kappa shape index (κ2) is 4.11. The summed E-state index contributed by atoms with van der Waals surface area (Å²) in [5.74, 6) is -0.672. The average Bonchev–Trinajstić information content (AvgIpc) is 2.39. The fourth-order valence-electron chi connectivity index (χ4n) is 1.80. The number of hydrogen-bond acceptors (Lipinski definition) is 2. The normalized spacial score (nSPS) is 19.9. The van der Waals surface area contributed by atoms with Crippen molar-refractivity contribution in [1.29, 1.82) is 0 Å². The number of benzene rings is 1. The van der Waals surface area contributed by atoms with Gasteiger partial charge in [0.1, 0.15) is 5.75 Å². The molecule has 0 bridgehead atoms. The third-order valence-electron chi connectivity index (χ3n) is 2.54. The Balaban J connectivity index is 2.46. The Morgan fingerprint density at radius 2 is 2.33 bits per heavy atom. The number of carboxylic acid groups (broad SMARTS) is 1. The van der Waals surface area contributed by atoms with Crippen molar-refractivity contribution in [3.05, 3.63) is 28.8 Å². The van der Waals surface area contributed by atoms with E-state index in [1.54, 1.807) is 18.2 Å². The molecule has 0 saturated carbocycles. The van der Waals surface area contributed by atoms with Crippen molar-refractivity contribution in [2.45, 2.75) is 18.8 Å². The minimum Gasteiger partial charge on any atom is -0.493 e. The molecule has 0 spiro atoms. The molecule has 2 rings (SSSR count). The van der Waals surface area contributed by atoms with E-state index >= 15 is 0 Å². The summed E-state index contributed by atoms with van der Waals surface area (Å²) in [5, 5.41) is 9.65. The van der Waals surface area contributed by atoms with Gasteiger partial charge in [0.25, 0.3) is 0 Å². The summed E-state index contributed by atoms with van der Waals surface area (Å²) in [7, 11) is 0. The molecule has 0 radical (unpaired) electrons. The van der Waals surface area contributed by atoms with Gasteiger partial charge in [-0.15, -0.1) is 0 Å². The van der Waals surface area contributed by atoms with Crippen LogP contribution >= 0.6 is 11.6 Å². The Bertz CT molecular complexity index is 389. The van der Waals surface area contributed by atoms with Crippen molar-refractivity contribution in [2.75, 3.05) is 6.61 Å². The quantitative estimate of drug-likeness (QED) is 0.801. The molecule has 1 atom stereocenters. The van der Waals surface area contributed by atoms with Crippen molar-refractivity contribution in [3.8, 4) is 5.75 Å². The van der Waals surface area contributed by atoms with Crippen molar-refractivity contribution < 1.29 is 14.6 Å². The maximum absolute atomic E-state index is 11.1. The van der Waals surface area contributed by atoms with Crippen LogP contribution in [0.3, 0.4) is 0 Å². The predicted octanol–water partition coefficient (Wildman–Crippen LogP) is 2.68. The molecule has 0 aromatic heterocycles. The van der Waals surface area contributed by atoms with E-state index in [0.717, 1.165) is 6.42 Å². The number of ether oxygens (including phenoxy) is 1. The summed E-state index contributed by atoms with van der Waals surface area (Å²) in [6.07, 6.45) is 1.35. The molecular weight excluding hydrogens is 216 g/mol. The van der Waals surface area contributed by atoms with E-state index in [1.807, 2.05) is 0 Å². The third kappa shape index (κ3) is 2.07. The molecule has 0 aliphatic carbocycles. The molecule has 80 valence electrons. The number of halogens is 1. The topological polar surface area (TPSA) is 46.5 Å². The van der Waals surface area contributed by atoms with Gasteiger partial charge < -0.3 is 9.84 Å². The first-order chi connectivity index (χ1) is 7.18. The molecule has 1 aromatic carbocycles. The van der Waals surface area contributed by atoms with Gasteiger partial charge in [-0.3, -0.25) is 4.79 Å². The minimum absolute atomic E-state index is 0.499. The highest BCUT2D eigenvalue weighted by atomic mass is 35.5. The zero-order valence-corrected chi connectivity index (χ0v) is 8.83. The number of rotatable bonds is 1. The number of aliphatic carboxylic acids is 1. The van der Waals surface area contributed by atoms with Gasteiger partial charge in [0.15, 0.2) is 0 Å². The first kappa shape index (κ1) is 10.3. The summed E-state index contributed by atoms with van der Waals surface area (Å²) < 4.78 is 5.46. The van der Waals surface area contributed by atoms with E-state index in [9.17, 15) is 4.79 Å². The summed E-state index contributed by atoms with van der Waals surface area (Å²) in [6, 6.07) is 5.13. The summed E-state index contributed by atoms with van der Waals surface area (Å²) >= 11 is 5.85. The molecule has 4 heteroatoms. The van der Waals surface area contributed by atoms with Gasteiger partial charge in [0.05, 0.1) is 12.5 Å². The van der Waals surface area contributed by atoms with Crippen LogP contribution in [-0.4, -0.2) is 17.7 Å². The van der Waals surface area contributed by atoms with E-state index in [2.05, 4.69) is 0 Å². The first-order valence-electron chi connectivity index (χ1n) is 4.83. The highest BCUT2D eigenvalue weighted by molar-refractivity contribution is 6.30. The molecule has 1 aliphatic heterocycles. The lowest BCUT2D eigenvalue weighted by molar-refractivity contribution is -0.138. The van der Waals surface area contributed by atoms with Gasteiger partial charge in [0.2, 0.25) is 0 Å². The van der Waals surface area contributed by atoms with E-state index in [-0.39, 0.29) is 0 Å². The van der Waals surface area contributed by atoms with E-state index in [0.29, 0.717) is 29.4 Å². The number of carboxylic acids is 1. The molecule has 1 unspecified atom stereocenters. The Hall–Kier alpha value is -1.22. The van der Waals surface area contributed by atoms with Crippen molar-refractivity contribution >= 4 is 17.6 Å². The maximum Gasteiger partial charge on any atom is 0.311 e. The first-order valence-corrected chi connectivity index (χ1v) is 5.21. The Morgan fingerprint density at radius 1 is 1.53 bits per heavy atom. The second-order valence-corrected chi connectivity index (χ2v) is 4.00. The van der Waals surface area contributed by atoms with E-state index < -0.39 is 11.9 Å². The van der Waals surface area contributed by atoms with Crippen molar-refractivity contribution in [3.63, 3.8) is 0 Å². The highest BCUT2D eigenvalue weighted by Gasteiger charge is 2.25. The SMILES string of the molecule is O=C(O)C1CCCOc2ccc(Cl)cc21. The van der Waals surface area contributed by atoms with Crippen LogP contribution in [0.1, 0.15) is 24.3 Å². The van der Waals surface area contributed by atoms with Gasteiger partial charge >= 0.3 is 5.97 Å². The van der Waals surface area contributed by atoms with E-state index in [4.69, 9.17) is 21.4 Å². The van der Waals surface area contributed by atoms with Gasteiger partial charge in [-0.25, -0.2) is 0 Å². The molecule has 0 fully saturated rings. The monoisotopic (exact) mass is 226 g/mol. The Morgan fingerprint density at radius 3 is 3.07 bits per heavy atom. The summed E-state index contributed by atoms with van der Waals surface area (Å²) in [6.45, 7) is 0.568. The standard InChI is InChI=1S/C11H11ClO3/c12-7-3-4-10-9(6-7)8(11(13)14)2-1-5-15-10/h3-4,6,8H,1-2,5H2,(H,13,14). The lowest BCUT2D eigenvalue weighted by atomic mass is 9.94. The van der Waals surface area contributed by atoms with Crippen LogP contribution in [0.15, 0.2) is 18.2 Å². The van der Waals surface area contributed by atoms with Crippen LogP contribution < -0.4 is 4.74 Å². The van der Waals surface area contributed by atoms with Crippen LogP contribution in [0.4, 0.5) is 0 Å². The minimum atomic E-state index is -0.816. The van der Waals surface area contributed by atoms with Crippen molar-refractivity contribution in [1.82, 2.24) is 0 Å². The van der Waals surface area contributed by atoms with E-state index in [1.165, 1.54) is 0 Å². The second-order valence-electron chi connectivity index (χ2n) is 3.56. The zero-order valence-electron chi connectivity index (χ0n) is 8.07. The molecule has 1 heterocycles. The Kier molecular flexibility index (Phi) is 2.82. The van der Waals surface area contributed by atoms with Crippen LogP contribution in [-0.2, 0) is 4.79 Å². The van der Waals surface area contributed by atoms with Gasteiger partial charge in [-0.1, -0.05) is 11.6 Å². The molecule has 0 saturated heterocycles. The Labute approximate surface area is 92.6 Å². The van der Waals surface area contributed by atoms with Crippen LogP contribution in [0, 0.1) is 0 Å². The van der Waals surface area contributed by atoms with Crippen LogP contribution in [0.25, 0.3) is 0 Å². The van der Waals surface area contributed by atoms with Crippen molar-refractivity contribution in [2.24, 2.45) is 0 Å². The fraction of sp³-hybridized carbons (Fsp3) is 0.364. The molecule has 1 aliphatic rings. The summed E-state index contributed by atoms with van der Waals surface area (Å²) in [5.41, 5.74) is 0.688. The molecule has 15 heavy (non-hydrogen) atoms. The molecule has 1 N–H and O–H groups in total. The van der Waals surface area contributed by atoms with Crippen LogP contribution in [0.5, 0.6) is 5.75 Å². The van der Waals surface area contributed by atoms with Gasteiger partial charge in [0, 0.05) is 10.6 Å². The molecular formula is C11H11ClO3. The number of fused-ring (bicyclic) bond motifs is 1. The van der Waals surface area contributed by atoms with Gasteiger partial charge in [-0.05, 0) is 31.0 Å². The lowest BCUT2D eigenvalue weighted by Gasteiger charge is -2.12. The van der Waals surface area contributed by atoms with Crippen LogP contribution in [0.2, 0.25) is 5.02 Å². The molecule has 1 aromatic rings. The number of hydrogen-bond donors (Lipinski definition) is 1. The smallest absolute Gasteiger partial charge is 0.311 e. The fourth-order valence-corrected chi connectivity index (χ4v) is 1.99. The molecule has 0 amide bonds. The summed E-state index contributed by atoms with van der Waals surface area (Å²) in [4.78, 5) is 11.1. The largest absolute Gasteiger partial charge is 0.493 e.